The number of carbonyl (C=O) groups is 1. The van der Waals surface area contributed by atoms with E-state index in [9.17, 15) is 9.18 Å². The van der Waals surface area contributed by atoms with E-state index in [0.29, 0.717) is 32.7 Å². The molecule has 1 amide bonds. The molecule has 2 aromatic heterocycles. The lowest BCUT2D eigenvalue weighted by Gasteiger charge is -2.10. The van der Waals surface area contributed by atoms with E-state index in [1.165, 1.54) is 18.3 Å². The summed E-state index contributed by atoms with van der Waals surface area (Å²) in [7, 11) is 0. The highest BCUT2D eigenvalue weighted by atomic mass is 35.5. The van der Waals surface area contributed by atoms with Gasteiger partial charge < -0.3 is 14.6 Å². The average Bonchev–Trinajstić information content (AvgIpc) is 3.15. The Balaban J connectivity index is 1.50. The lowest BCUT2D eigenvalue weighted by Crippen LogP contribution is -2.23. The highest BCUT2D eigenvalue weighted by Crippen LogP contribution is 2.36. The van der Waals surface area contributed by atoms with Crippen molar-refractivity contribution in [2.45, 2.75) is 13.5 Å². The van der Waals surface area contributed by atoms with Gasteiger partial charge in [0.05, 0.1) is 16.2 Å². The second kappa shape index (κ2) is 9.38. The molecule has 1 N–H and O–H groups in total. The molecule has 162 valence electrons. The number of nitrogens with one attached hydrogen (secondary N) is 1. The molecule has 2 aromatic carbocycles. The molecule has 32 heavy (non-hydrogen) atoms. The number of aromatic nitrogens is 2. The van der Waals surface area contributed by atoms with Crippen LogP contribution in [0, 0.1) is 12.7 Å². The molecule has 9 heteroatoms. The van der Waals surface area contributed by atoms with Crippen LogP contribution in [-0.2, 0) is 6.54 Å². The van der Waals surface area contributed by atoms with E-state index in [1.54, 1.807) is 49.5 Å². The number of carbonyl (C=O) groups excluding carboxylic acids is 1. The van der Waals surface area contributed by atoms with Crippen LogP contribution in [0.1, 0.15) is 21.7 Å². The van der Waals surface area contributed by atoms with E-state index in [2.05, 4.69) is 15.5 Å². The third-order valence-corrected chi connectivity index (χ3v) is 5.23. The molecule has 0 aliphatic heterocycles. The number of halogens is 3. The number of hydrogen-bond acceptors (Lipinski definition) is 5. The van der Waals surface area contributed by atoms with Gasteiger partial charge in [-0.3, -0.25) is 9.78 Å². The van der Waals surface area contributed by atoms with Gasteiger partial charge in [0.2, 0.25) is 0 Å². The van der Waals surface area contributed by atoms with Crippen molar-refractivity contribution >= 4 is 29.1 Å². The molecule has 6 nitrogen and oxygen atoms in total. The van der Waals surface area contributed by atoms with Gasteiger partial charge in [-0.05, 0) is 48.9 Å². The molecule has 2 heterocycles. The Hall–Kier alpha value is -3.42. The van der Waals surface area contributed by atoms with E-state index in [4.69, 9.17) is 32.5 Å². The van der Waals surface area contributed by atoms with Crippen LogP contribution in [0.15, 0.2) is 65.4 Å². The summed E-state index contributed by atoms with van der Waals surface area (Å²) in [4.78, 5) is 16.8. The van der Waals surface area contributed by atoms with Gasteiger partial charge in [0, 0.05) is 18.3 Å². The normalized spacial score (nSPS) is 10.8. The summed E-state index contributed by atoms with van der Waals surface area (Å²) < 4.78 is 25.2. The monoisotopic (exact) mass is 471 g/mol. The predicted molar refractivity (Wildman–Crippen MR) is 119 cm³/mol. The molecule has 4 aromatic rings. The summed E-state index contributed by atoms with van der Waals surface area (Å²) in [5.41, 5.74) is 1.39. The minimum Gasteiger partial charge on any atom is -0.453 e. The summed E-state index contributed by atoms with van der Waals surface area (Å²) in [6.45, 7) is 1.68. The highest BCUT2D eigenvalue weighted by molar-refractivity contribution is 6.39. The Morgan fingerprint density at radius 2 is 1.94 bits per heavy atom. The first-order valence-electron chi connectivity index (χ1n) is 9.49. The van der Waals surface area contributed by atoms with Gasteiger partial charge in [-0.2, -0.15) is 0 Å². The Morgan fingerprint density at radius 1 is 1.16 bits per heavy atom. The van der Waals surface area contributed by atoms with Gasteiger partial charge >= 0.3 is 0 Å². The average molecular weight is 472 g/mol. The molecule has 0 saturated heterocycles. The van der Waals surface area contributed by atoms with Gasteiger partial charge in [0.25, 0.3) is 5.91 Å². The van der Waals surface area contributed by atoms with Crippen LogP contribution in [-0.4, -0.2) is 16.0 Å². The zero-order valence-electron chi connectivity index (χ0n) is 16.7. The molecule has 0 bridgehead atoms. The molecular weight excluding hydrogens is 456 g/mol. The lowest BCUT2D eigenvalue weighted by molar-refractivity contribution is 0.0950. The third kappa shape index (κ3) is 4.59. The number of aryl methyl sites for hydroxylation is 1. The second-order valence-corrected chi connectivity index (χ2v) is 7.61. The largest absolute Gasteiger partial charge is 0.453 e. The molecule has 0 unspecified atom stereocenters. The Kier molecular flexibility index (Phi) is 6.39. The fourth-order valence-corrected chi connectivity index (χ4v) is 3.65. The van der Waals surface area contributed by atoms with Gasteiger partial charge in [-0.1, -0.05) is 40.5 Å². The second-order valence-electron chi connectivity index (χ2n) is 6.80. The Morgan fingerprint density at radius 3 is 2.62 bits per heavy atom. The van der Waals surface area contributed by atoms with E-state index in [0.717, 1.165) is 0 Å². The van der Waals surface area contributed by atoms with E-state index in [1.807, 2.05) is 0 Å². The van der Waals surface area contributed by atoms with Crippen molar-refractivity contribution in [3.8, 4) is 22.8 Å². The maximum absolute atomic E-state index is 14.5. The first-order chi connectivity index (χ1) is 15.4. The first-order valence-corrected chi connectivity index (χ1v) is 10.2. The van der Waals surface area contributed by atoms with Crippen molar-refractivity contribution in [1.29, 1.82) is 0 Å². The molecule has 0 aliphatic carbocycles. The minimum absolute atomic E-state index is 0.0543. The van der Waals surface area contributed by atoms with Crippen molar-refractivity contribution in [2.24, 2.45) is 0 Å². The van der Waals surface area contributed by atoms with Crippen molar-refractivity contribution < 1.29 is 18.4 Å². The summed E-state index contributed by atoms with van der Waals surface area (Å²) in [5.74, 6) is -0.240. The summed E-state index contributed by atoms with van der Waals surface area (Å²) in [6.07, 6.45) is 3.08. The summed E-state index contributed by atoms with van der Waals surface area (Å²) >= 11 is 12.5. The van der Waals surface area contributed by atoms with Crippen molar-refractivity contribution in [3.05, 3.63) is 93.7 Å². The molecule has 0 fully saturated rings. The molecule has 0 atom stereocenters. The van der Waals surface area contributed by atoms with Crippen molar-refractivity contribution in [2.75, 3.05) is 0 Å². The molecule has 4 rings (SSSR count). The third-order valence-electron chi connectivity index (χ3n) is 4.60. The molecule has 0 saturated carbocycles. The summed E-state index contributed by atoms with van der Waals surface area (Å²) in [5, 5.41) is 7.39. The molecule has 0 spiro atoms. The number of amides is 1. The molecule has 0 aliphatic rings. The van der Waals surface area contributed by atoms with Crippen LogP contribution < -0.4 is 10.1 Å². The summed E-state index contributed by atoms with van der Waals surface area (Å²) in [6, 6.07) is 12.8. The molecule has 0 radical (unpaired) electrons. The van der Waals surface area contributed by atoms with E-state index < -0.39 is 11.7 Å². The SMILES string of the molecule is Cc1onc(-c2c(Cl)cccc2Cl)c1C(=O)NCc1ccc(Oc2cccnc2)c(F)c1. The van der Waals surface area contributed by atoms with Gasteiger partial charge in [-0.15, -0.1) is 0 Å². The lowest BCUT2D eigenvalue weighted by atomic mass is 10.1. The van der Waals surface area contributed by atoms with Crippen LogP contribution in [0.2, 0.25) is 10.0 Å². The number of ether oxygens (including phenoxy) is 1. The van der Waals surface area contributed by atoms with E-state index >= 15 is 0 Å². The smallest absolute Gasteiger partial charge is 0.257 e. The number of nitrogens with zero attached hydrogens (tertiary/aromatic N) is 2. The van der Waals surface area contributed by atoms with Crippen LogP contribution >= 0.6 is 23.2 Å². The van der Waals surface area contributed by atoms with Crippen molar-refractivity contribution in [3.63, 3.8) is 0 Å². The predicted octanol–water partition coefficient (Wildman–Crippen LogP) is 6.21. The van der Waals surface area contributed by atoms with Crippen molar-refractivity contribution in [1.82, 2.24) is 15.5 Å². The number of benzene rings is 2. The molecular formula is C23H16Cl2FN3O3. The Bertz CT molecular complexity index is 1260. The van der Waals surface area contributed by atoms with Crippen LogP contribution in [0.5, 0.6) is 11.5 Å². The maximum atomic E-state index is 14.5. The van der Waals surface area contributed by atoms with Gasteiger partial charge in [0.1, 0.15) is 22.8 Å². The zero-order chi connectivity index (χ0) is 22.7. The van der Waals surface area contributed by atoms with Gasteiger partial charge in [-0.25, -0.2) is 4.39 Å². The maximum Gasteiger partial charge on any atom is 0.257 e. The van der Waals surface area contributed by atoms with E-state index in [-0.39, 0.29) is 23.6 Å². The Labute approximate surface area is 192 Å². The van der Waals surface area contributed by atoms with Crippen LogP contribution in [0.4, 0.5) is 4.39 Å². The fraction of sp³-hybridized carbons (Fsp3) is 0.0870. The topological polar surface area (TPSA) is 77.2 Å². The van der Waals surface area contributed by atoms with Crippen LogP contribution in [0.25, 0.3) is 11.3 Å². The van der Waals surface area contributed by atoms with Crippen LogP contribution in [0.3, 0.4) is 0 Å². The fourth-order valence-electron chi connectivity index (χ4n) is 3.08. The zero-order valence-corrected chi connectivity index (χ0v) is 18.2. The van der Waals surface area contributed by atoms with Gasteiger partial charge in [0.15, 0.2) is 11.6 Å². The number of pyridine rings is 1. The number of rotatable bonds is 6. The quantitative estimate of drug-likeness (QED) is 0.361. The highest BCUT2D eigenvalue weighted by Gasteiger charge is 2.24. The number of hydrogen-bond donors (Lipinski definition) is 1. The minimum atomic E-state index is -0.565. The first kappa shape index (κ1) is 21.8. The standard InChI is InChI=1S/C23H16Cl2FN3O3/c1-13-20(22(29-32-13)21-16(24)5-2-6-17(21)25)23(30)28-11-14-7-8-19(18(26)10-14)31-15-4-3-9-27-12-15/h2-10,12H,11H2,1H3,(H,28,30).